The number of rotatable bonds is 12. The van der Waals surface area contributed by atoms with E-state index < -0.39 is 11.9 Å². The molecule has 0 radical (unpaired) electrons. The Morgan fingerprint density at radius 1 is 1.24 bits per heavy atom. The number of primary amides is 1. The summed E-state index contributed by atoms with van der Waals surface area (Å²) in [5.41, 5.74) is 7.55. The molecule has 0 saturated carbocycles. The number of nitrogens with zero attached hydrogens (tertiary/aromatic N) is 3. The van der Waals surface area contributed by atoms with Crippen LogP contribution < -0.4 is 15.8 Å². The number of thioether (sulfide) groups is 1. The molecule has 0 aliphatic carbocycles. The first-order valence-corrected chi connectivity index (χ1v) is 12.7. The second kappa shape index (κ2) is 12.6. The van der Waals surface area contributed by atoms with Gasteiger partial charge in [-0.25, -0.2) is 4.68 Å². The van der Waals surface area contributed by atoms with Gasteiger partial charge in [0.15, 0.2) is 0 Å². The maximum atomic E-state index is 12.2. The van der Waals surface area contributed by atoms with Crippen LogP contribution in [0.1, 0.15) is 19.3 Å². The van der Waals surface area contributed by atoms with Gasteiger partial charge in [0.25, 0.3) is 0 Å². The Morgan fingerprint density at radius 3 is 2.74 bits per heavy atom. The van der Waals surface area contributed by atoms with Crippen molar-refractivity contribution in [2.75, 3.05) is 18.6 Å². The van der Waals surface area contributed by atoms with E-state index in [1.54, 1.807) is 53.1 Å². The fraction of sp³-hybridized carbons (Fsp3) is 0.304. The second-order valence-electron chi connectivity index (χ2n) is 7.38. The molecule has 11 heteroatoms. The number of nitrogens with one attached hydrogen (secondary N) is 1. The van der Waals surface area contributed by atoms with Crippen LogP contribution in [-0.4, -0.2) is 51.2 Å². The van der Waals surface area contributed by atoms with Gasteiger partial charge in [-0.05, 0) is 55.2 Å². The van der Waals surface area contributed by atoms with Crippen molar-refractivity contribution in [3.05, 3.63) is 58.8 Å². The second-order valence-corrected chi connectivity index (χ2v) is 9.18. The average Bonchev–Trinajstić information content (AvgIpc) is 3.26. The van der Waals surface area contributed by atoms with Crippen LogP contribution in [0.15, 0.2) is 48.8 Å². The Kier molecular flexibility index (Phi) is 9.62. The van der Waals surface area contributed by atoms with Crippen molar-refractivity contribution in [2.24, 2.45) is 5.73 Å². The van der Waals surface area contributed by atoms with Crippen LogP contribution in [0.25, 0.3) is 16.9 Å². The molecule has 0 spiro atoms. The molecule has 0 bridgehead atoms. The van der Waals surface area contributed by atoms with E-state index in [1.807, 2.05) is 18.4 Å². The first-order chi connectivity index (χ1) is 16.4. The summed E-state index contributed by atoms with van der Waals surface area (Å²) in [5.74, 6) is 0.428. The number of hydrogen-bond acceptors (Lipinski definition) is 6. The summed E-state index contributed by atoms with van der Waals surface area (Å²) in [6, 6.07) is 10.0. The highest BCUT2D eigenvalue weighted by Crippen LogP contribution is 2.29. The maximum Gasteiger partial charge on any atom is 0.240 e. The summed E-state index contributed by atoms with van der Waals surface area (Å²) in [5, 5.41) is 8.16. The predicted octanol–water partition coefficient (Wildman–Crippen LogP) is 4.12. The molecule has 0 saturated heterocycles. The fourth-order valence-corrected chi connectivity index (χ4v) is 3.88. The summed E-state index contributed by atoms with van der Waals surface area (Å²) in [4.78, 5) is 27.9. The topological polar surface area (TPSA) is 112 Å². The van der Waals surface area contributed by atoms with E-state index in [0.717, 1.165) is 11.3 Å². The zero-order valence-corrected chi connectivity index (χ0v) is 20.9. The maximum absolute atomic E-state index is 12.2. The van der Waals surface area contributed by atoms with E-state index >= 15 is 0 Å². The van der Waals surface area contributed by atoms with Gasteiger partial charge in [0.05, 0.1) is 28.0 Å². The van der Waals surface area contributed by atoms with E-state index in [0.29, 0.717) is 40.1 Å². The van der Waals surface area contributed by atoms with E-state index in [1.165, 1.54) is 0 Å². The number of hydrogen-bond donors (Lipinski definition) is 2. The average molecular weight is 522 g/mol. The van der Waals surface area contributed by atoms with Gasteiger partial charge in [0, 0.05) is 30.4 Å². The van der Waals surface area contributed by atoms with Crippen molar-refractivity contribution in [2.45, 2.75) is 25.3 Å². The van der Waals surface area contributed by atoms with Gasteiger partial charge in [-0.3, -0.25) is 14.6 Å². The standard InChI is InChI=1S/C23H25Cl2N5O3S/c1-34-11-8-19(23(26)32)28-21(31)5-3-10-33-22-13-20(15-4-2-9-27-14-15)29-30(22)16-6-7-17(24)18(25)12-16/h2,4,6-7,9,12-14,19H,3,5,8,10-11H2,1H3,(H2,26,32)(H,28,31)/t19-/m0/s1. The largest absolute Gasteiger partial charge is 0.478 e. The molecule has 3 rings (SSSR count). The van der Waals surface area contributed by atoms with E-state index in [9.17, 15) is 9.59 Å². The molecule has 1 aromatic carbocycles. The SMILES string of the molecule is CSCC[C@H](NC(=O)CCCOc1cc(-c2cccnc2)nn1-c1ccc(Cl)c(Cl)c1)C(N)=O. The molecule has 0 unspecified atom stereocenters. The third kappa shape index (κ3) is 7.12. The first-order valence-electron chi connectivity index (χ1n) is 10.6. The number of ether oxygens (including phenoxy) is 1. The minimum Gasteiger partial charge on any atom is -0.478 e. The Labute approximate surface area is 212 Å². The fourth-order valence-electron chi connectivity index (χ4n) is 3.12. The van der Waals surface area contributed by atoms with Crippen molar-refractivity contribution < 1.29 is 14.3 Å². The highest BCUT2D eigenvalue weighted by Gasteiger charge is 2.18. The normalized spacial score (nSPS) is 11.7. The highest BCUT2D eigenvalue weighted by atomic mass is 35.5. The number of amides is 2. The summed E-state index contributed by atoms with van der Waals surface area (Å²) in [6.45, 7) is 0.263. The number of aromatic nitrogens is 3. The monoisotopic (exact) mass is 521 g/mol. The lowest BCUT2D eigenvalue weighted by Gasteiger charge is -2.15. The number of halogens is 2. The molecular formula is C23H25Cl2N5O3S. The Morgan fingerprint density at radius 2 is 2.06 bits per heavy atom. The van der Waals surface area contributed by atoms with Crippen molar-refractivity contribution in [1.82, 2.24) is 20.1 Å². The van der Waals surface area contributed by atoms with Crippen LogP contribution in [0.2, 0.25) is 10.0 Å². The smallest absolute Gasteiger partial charge is 0.240 e. The molecule has 180 valence electrons. The van der Waals surface area contributed by atoms with Crippen LogP contribution in [0, 0.1) is 0 Å². The lowest BCUT2D eigenvalue weighted by Crippen LogP contribution is -2.44. The minimum absolute atomic E-state index is 0.194. The van der Waals surface area contributed by atoms with Crippen molar-refractivity contribution in [3.63, 3.8) is 0 Å². The number of pyridine rings is 1. The van der Waals surface area contributed by atoms with E-state index in [-0.39, 0.29) is 18.9 Å². The number of carbonyl (C=O) groups excluding carboxylic acids is 2. The molecule has 2 heterocycles. The molecular weight excluding hydrogens is 497 g/mol. The lowest BCUT2D eigenvalue weighted by molar-refractivity contribution is -0.127. The molecule has 3 N–H and O–H groups in total. The summed E-state index contributed by atoms with van der Waals surface area (Å²) < 4.78 is 7.58. The minimum atomic E-state index is -0.668. The van der Waals surface area contributed by atoms with Crippen LogP contribution in [0.5, 0.6) is 5.88 Å². The Balaban J connectivity index is 1.67. The van der Waals surface area contributed by atoms with Crippen molar-refractivity contribution >= 4 is 46.8 Å². The van der Waals surface area contributed by atoms with Gasteiger partial charge in [-0.2, -0.15) is 16.9 Å². The molecule has 1 atom stereocenters. The third-order valence-electron chi connectivity index (χ3n) is 4.87. The van der Waals surface area contributed by atoms with Crippen molar-refractivity contribution in [3.8, 4) is 22.8 Å². The molecule has 8 nitrogen and oxygen atoms in total. The molecule has 0 aliphatic heterocycles. The number of benzene rings is 1. The van der Waals surface area contributed by atoms with Crippen LogP contribution >= 0.6 is 35.0 Å². The highest BCUT2D eigenvalue weighted by molar-refractivity contribution is 7.98. The van der Waals surface area contributed by atoms with Crippen LogP contribution in [-0.2, 0) is 9.59 Å². The predicted molar refractivity (Wildman–Crippen MR) is 136 cm³/mol. The van der Waals surface area contributed by atoms with Gasteiger partial charge in [0.2, 0.25) is 17.7 Å². The van der Waals surface area contributed by atoms with Gasteiger partial charge in [0.1, 0.15) is 6.04 Å². The summed E-state index contributed by atoms with van der Waals surface area (Å²) in [6.07, 6.45) is 6.46. The van der Waals surface area contributed by atoms with Crippen LogP contribution in [0.3, 0.4) is 0 Å². The molecule has 2 amide bonds. The summed E-state index contributed by atoms with van der Waals surface area (Å²) in [7, 11) is 0. The number of nitrogens with two attached hydrogens (primary N) is 1. The zero-order valence-electron chi connectivity index (χ0n) is 18.5. The number of carbonyl (C=O) groups is 2. The summed E-state index contributed by atoms with van der Waals surface area (Å²) >= 11 is 13.8. The van der Waals surface area contributed by atoms with Crippen molar-refractivity contribution in [1.29, 1.82) is 0 Å². The molecule has 34 heavy (non-hydrogen) atoms. The van der Waals surface area contributed by atoms with E-state index in [2.05, 4.69) is 15.4 Å². The van der Waals surface area contributed by atoms with Gasteiger partial charge in [-0.15, -0.1) is 0 Å². The van der Waals surface area contributed by atoms with Gasteiger partial charge in [-0.1, -0.05) is 23.2 Å². The van der Waals surface area contributed by atoms with Gasteiger partial charge >= 0.3 is 0 Å². The Hall–Kier alpha value is -2.75. The lowest BCUT2D eigenvalue weighted by atomic mass is 10.2. The third-order valence-corrected chi connectivity index (χ3v) is 6.25. The molecule has 2 aromatic heterocycles. The molecule has 0 aliphatic rings. The quantitative estimate of drug-likeness (QED) is 0.346. The zero-order chi connectivity index (χ0) is 24.5. The van der Waals surface area contributed by atoms with Crippen LogP contribution in [0.4, 0.5) is 0 Å². The van der Waals surface area contributed by atoms with E-state index in [4.69, 9.17) is 33.7 Å². The van der Waals surface area contributed by atoms with Gasteiger partial charge < -0.3 is 15.8 Å². The molecule has 3 aromatic rings. The first kappa shape index (κ1) is 25.9. The Bertz CT molecular complexity index is 1130. The molecule has 0 fully saturated rings.